The van der Waals surface area contributed by atoms with Gasteiger partial charge in [0, 0.05) is 19.6 Å². The summed E-state index contributed by atoms with van der Waals surface area (Å²) >= 11 is 5.87. The van der Waals surface area contributed by atoms with Crippen molar-refractivity contribution in [2.45, 2.75) is 52.8 Å². The zero-order valence-corrected chi connectivity index (χ0v) is 22.5. The van der Waals surface area contributed by atoms with Gasteiger partial charge in [0.2, 0.25) is 0 Å². The third-order valence-corrected chi connectivity index (χ3v) is 5.53. The summed E-state index contributed by atoms with van der Waals surface area (Å²) in [6, 6.07) is 5.30. The van der Waals surface area contributed by atoms with Crippen LogP contribution in [0.5, 0.6) is 0 Å². The molecule has 38 heavy (non-hydrogen) atoms. The van der Waals surface area contributed by atoms with Gasteiger partial charge in [-0.3, -0.25) is 9.59 Å². The largest absolute Gasteiger partial charge is 0.444 e. The van der Waals surface area contributed by atoms with E-state index in [0.29, 0.717) is 43.0 Å². The Morgan fingerprint density at radius 2 is 1.71 bits per heavy atom. The van der Waals surface area contributed by atoms with Crippen LogP contribution in [0.2, 0.25) is 5.15 Å². The highest BCUT2D eigenvalue weighted by Crippen LogP contribution is 2.21. The molecule has 204 valence electrons. The molecule has 7 N–H and O–H groups in total. The van der Waals surface area contributed by atoms with Crippen LogP contribution in [0.1, 0.15) is 60.8 Å². The van der Waals surface area contributed by atoms with Crippen molar-refractivity contribution in [1.29, 1.82) is 0 Å². The number of halogens is 1. The number of carbonyl (C=O) groups excluding carboxylic acids is 3. The standard InChI is InChI=1S/C24H32ClN9O4/c1-5-34-14-9-6-8-13(21(35)28-10-7-11-29-23(37)38-24(2,3)4)16(14)31-15(34)12-30-22(36)17-19(26)33-20(27)18(25)32-17/h6,8-9H,5,7,10-12H2,1-4H3,(H,28,35)(H,29,37)(H,30,36)(H4,26,27,33). The lowest BCUT2D eigenvalue weighted by atomic mass is 10.1. The minimum absolute atomic E-state index is 0.0435. The number of aromatic nitrogens is 4. The first-order chi connectivity index (χ1) is 17.9. The van der Waals surface area contributed by atoms with Gasteiger partial charge in [0.05, 0.1) is 17.6 Å². The van der Waals surface area contributed by atoms with E-state index in [2.05, 4.69) is 30.9 Å². The number of amides is 3. The Morgan fingerprint density at radius 3 is 2.39 bits per heavy atom. The molecule has 2 heterocycles. The number of ether oxygens (including phenoxy) is 1. The van der Waals surface area contributed by atoms with Crippen LogP contribution >= 0.6 is 11.6 Å². The number of hydrogen-bond acceptors (Lipinski definition) is 9. The summed E-state index contributed by atoms with van der Waals surface area (Å²) < 4.78 is 7.08. The van der Waals surface area contributed by atoms with Gasteiger partial charge in [0.25, 0.3) is 11.8 Å². The lowest BCUT2D eigenvalue weighted by molar-refractivity contribution is 0.0527. The van der Waals surface area contributed by atoms with Gasteiger partial charge < -0.3 is 36.7 Å². The highest BCUT2D eigenvalue weighted by molar-refractivity contribution is 6.31. The summed E-state index contributed by atoms with van der Waals surface area (Å²) in [7, 11) is 0. The third kappa shape index (κ3) is 7.00. The monoisotopic (exact) mass is 545 g/mol. The molecule has 0 saturated heterocycles. The molecule has 14 heteroatoms. The van der Waals surface area contributed by atoms with Crippen molar-refractivity contribution >= 4 is 52.2 Å². The topological polar surface area (TPSA) is 192 Å². The molecule has 13 nitrogen and oxygen atoms in total. The number of nitrogens with one attached hydrogen (secondary N) is 3. The van der Waals surface area contributed by atoms with Gasteiger partial charge in [-0.05, 0) is 46.2 Å². The zero-order chi connectivity index (χ0) is 28.0. The van der Waals surface area contributed by atoms with E-state index in [4.69, 9.17) is 27.8 Å². The summed E-state index contributed by atoms with van der Waals surface area (Å²) in [5, 5.41) is 8.08. The van der Waals surface area contributed by atoms with Crippen molar-refractivity contribution in [3.8, 4) is 0 Å². The predicted molar refractivity (Wildman–Crippen MR) is 144 cm³/mol. The van der Waals surface area contributed by atoms with Gasteiger partial charge in [-0.2, -0.15) is 0 Å². The van der Waals surface area contributed by atoms with Gasteiger partial charge >= 0.3 is 6.09 Å². The number of nitrogen functional groups attached to an aromatic ring is 2. The Labute approximate surface area is 224 Å². The van der Waals surface area contributed by atoms with E-state index in [9.17, 15) is 14.4 Å². The summed E-state index contributed by atoms with van der Waals surface area (Å²) in [4.78, 5) is 49.6. The number of anilines is 2. The molecule has 0 aliphatic carbocycles. The summed E-state index contributed by atoms with van der Waals surface area (Å²) in [6.45, 7) is 8.57. The van der Waals surface area contributed by atoms with Gasteiger partial charge in [0.15, 0.2) is 22.5 Å². The number of fused-ring (bicyclic) bond motifs is 1. The fourth-order valence-corrected chi connectivity index (χ4v) is 3.73. The number of benzene rings is 1. The predicted octanol–water partition coefficient (Wildman–Crippen LogP) is 2.24. The average molecular weight is 546 g/mol. The zero-order valence-electron chi connectivity index (χ0n) is 21.7. The maximum Gasteiger partial charge on any atom is 0.407 e. The van der Waals surface area contributed by atoms with Crippen LogP contribution in [-0.2, 0) is 17.8 Å². The number of aryl methyl sites for hydroxylation is 1. The molecule has 3 aromatic rings. The molecule has 0 aliphatic heterocycles. The molecule has 0 atom stereocenters. The highest BCUT2D eigenvalue weighted by Gasteiger charge is 2.20. The number of rotatable bonds is 9. The van der Waals surface area contributed by atoms with E-state index in [1.54, 1.807) is 32.9 Å². The molecule has 0 aliphatic rings. The van der Waals surface area contributed by atoms with Crippen LogP contribution in [0.4, 0.5) is 16.4 Å². The van der Waals surface area contributed by atoms with Crippen LogP contribution in [0.3, 0.4) is 0 Å². The molecular weight excluding hydrogens is 514 g/mol. The number of imidazole rings is 1. The Morgan fingerprint density at radius 1 is 1.00 bits per heavy atom. The molecule has 0 fully saturated rings. The minimum atomic E-state index is -0.593. The van der Waals surface area contributed by atoms with Crippen LogP contribution in [0.25, 0.3) is 11.0 Å². The van der Waals surface area contributed by atoms with Crippen molar-refractivity contribution in [1.82, 2.24) is 35.5 Å². The lowest BCUT2D eigenvalue weighted by Crippen LogP contribution is -2.34. The number of nitrogens with zero attached hydrogens (tertiary/aromatic N) is 4. The van der Waals surface area contributed by atoms with Gasteiger partial charge in [-0.15, -0.1) is 0 Å². The first-order valence-corrected chi connectivity index (χ1v) is 12.4. The Bertz CT molecular complexity index is 1350. The molecule has 0 radical (unpaired) electrons. The molecule has 3 rings (SSSR count). The van der Waals surface area contributed by atoms with Crippen LogP contribution in [-0.4, -0.2) is 56.1 Å². The van der Waals surface area contributed by atoms with Crippen LogP contribution in [0, 0.1) is 0 Å². The summed E-state index contributed by atoms with van der Waals surface area (Å²) in [5.41, 5.74) is 12.2. The van der Waals surface area contributed by atoms with E-state index in [1.807, 2.05) is 17.6 Å². The lowest BCUT2D eigenvalue weighted by Gasteiger charge is -2.19. The quantitative estimate of drug-likeness (QED) is 0.251. The van der Waals surface area contributed by atoms with Crippen molar-refractivity contribution in [2.75, 3.05) is 24.6 Å². The molecule has 0 bridgehead atoms. The molecule has 3 amide bonds. The highest BCUT2D eigenvalue weighted by atomic mass is 35.5. The second kappa shape index (κ2) is 11.9. The molecule has 0 spiro atoms. The normalized spacial score (nSPS) is 11.3. The molecule has 1 aromatic carbocycles. The molecule has 0 unspecified atom stereocenters. The van der Waals surface area contributed by atoms with Crippen molar-refractivity contribution in [2.24, 2.45) is 0 Å². The number of alkyl carbamates (subject to hydrolysis) is 1. The third-order valence-electron chi connectivity index (χ3n) is 5.25. The maximum atomic E-state index is 12.9. The Hall–Kier alpha value is -4.13. The number of carbonyl (C=O) groups is 3. The second-order valence-corrected chi connectivity index (χ2v) is 9.66. The van der Waals surface area contributed by atoms with Crippen LogP contribution in [0.15, 0.2) is 18.2 Å². The van der Waals surface area contributed by atoms with Gasteiger partial charge in [-0.1, -0.05) is 17.7 Å². The van der Waals surface area contributed by atoms with E-state index in [1.165, 1.54) is 0 Å². The first kappa shape index (κ1) is 28.4. The summed E-state index contributed by atoms with van der Waals surface area (Å²) in [5.74, 6) is -0.577. The van der Waals surface area contributed by atoms with E-state index in [0.717, 1.165) is 5.52 Å². The molecule has 2 aromatic heterocycles. The number of nitrogens with two attached hydrogens (primary N) is 2. The smallest absolute Gasteiger partial charge is 0.407 e. The molecular formula is C24H32ClN9O4. The fourth-order valence-electron chi connectivity index (χ4n) is 3.61. The number of para-hydroxylation sites is 1. The maximum absolute atomic E-state index is 12.9. The van der Waals surface area contributed by atoms with E-state index in [-0.39, 0.29) is 34.9 Å². The average Bonchev–Trinajstić information content (AvgIpc) is 3.20. The Balaban J connectivity index is 1.66. The van der Waals surface area contributed by atoms with Gasteiger partial charge in [0.1, 0.15) is 16.9 Å². The number of hydrogen-bond donors (Lipinski definition) is 5. The molecule has 0 saturated carbocycles. The summed E-state index contributed by atoms with van der Waals surface area (Å²) in [6.07, 6.45) is 0.00978. The SMILES string of the molecule is CCn1c(CNC(=O)c2nc(Cl)c(N)nc2N)nc2c(C(=O)NCCCNC(=O)OC(C)(C)C)cccc21. The van der Waals surface area contributed by atoms with Crippen molar-refractivity contribution in [3.05, 3.63) is 40.4 Å². The second-order valence-electron chi connectivity index (χ2n) is 9.30. The van der Waals surface area contributed by atoms with Crippen molar-refractivity contribution in [3.63, 3.8) is 0 Å². The van der Waals surface area contributed by atoms with E-state index < -0.39 is 17.6 Å². The Kier molecular flexibility index (Phi) is 8.94. The van der Waals surface area contributed by atoms with Crippen molar-refractivity contribution < 1.29 is 19.1 Å². The fraction of sp³-hybridized carbons (Fsp3) is 0.417. The first-order valence-electron chi connectivity index (χ1n) is 12.0. The van der Waals surface area contributed by atoms with E-state index >= 15 is 0 Å². The van der Waals surface area contributed by atoms with Gasteiger partial charge in [-0.25, -0.2) is 19.7 Å². The van der Waals surface area contributed by atoms with Crippen LogP contribution < -0.4 is 27.4 Å². The minimum Gasteiger partial charge on any atom is -0.444 e.